The smallest absolute Gasteiger partial charge is 0.310 e. The summed E-state index contributed by atoms with van der Waals surface area (Å²) in [4.78, 5) is 24.4. The van der Waals surface area contributed by atoms with Gasteiger partial charge in [-0.2, -0.15) is 0 Å². The van der Waals surface area contributed by atoms with E-state index in [1.807, 2.05) is 24.4 Å². The Balaban J connectivity index is 1.73. The molecule has 2 aromatic rings. The summed E-state index contributed by atoms with van der Waals surface area (Å²) in [6.45, 7) is 1.54. The largest absolute Gasteiger partial charge is 0.455 e. The Morgan fingerprint density at radius 2 is 2.00 bits per heavy atom. The third-order valence-corrected chi connectivity index (χ3v) is 4.03. The van der Waals surface area contributed by atoms with Gasteiger partial charge in [0.25, 0.3) is 5.91 Å². The van der Waals surface area contributed by atoms with E-state index in [4.69, 9.17) is 4.74 Å². The first-order valence-electron chi connectivity index (χ1n) is 6.77. The Hall–Kier alpha value is -2.21. The van der Waals surface area contributed by atoms with Gasteiger partial charge in [0.2, 0.25) is 0 Å². The van der Waals surface area contributed by atoms with Crippen LogP contribution >= 0.6 is 11.3 Å². The highest BCUT2D eigenvalue weighted by atomic mass is 32.1. The maximum absolute atomic E-state index is 12.7. The number of amides is 1. The molecule has 0 aliphatic heterocycles. The van der Waals surface area contributed by atoms with Crippen LogP contribution in [0.1, 0.15) is 23.4 Å². The number of esters is 1. The van der Waals surface area contributed by atoms with E-state index in [9.17, 15) is 14.0 Å². The van der Waals surface area contributed by atoms with Crippen LogP contribution in [0.15, 0.2) is 41.8 Å². The van der Waals surface area contributed by atoms with Gasteiger partial charge in [-0.1, -0.05) is 18.2 Å². The summed E-state index contributed by atoms with van der Waals surface area (Å²) in [5, 5.41) is 4.68. The average molecular weight is 321 g/mol. The van der Waals surface area contributed by atoms with E-state index < -0.39 is 5.97 Å². The Kier molecular flexibility index (Phi) is 5.66. The number of hydrogen-bond acceptors (Lipinski definition) is 4. The third-order valence-electron chi connectivity index (χ3n) is 2.97. The second-order valence-electron chi connectivity index (χ2n) is 4.77. The van der Waals surface area contributed by atoms with Crippen molar-refractivity contribution in [1.29, 1.82) is 0 Å². The fourth-order valence-corrected chi connectivity index (χ4v) is 2.59. The molecular weight excluding hydrogens is 305 g/mol. The molecule has 1 N–H and O–H groups in total. The van der Waals surface area contributed by atoms with Crippen LogP contribution in [0.4, 0.5) is 4.39 Å². The molecule has 0 radical (unpaired) electrons. The van der Waals surface area contributed by atoms with Crippen molar-refractivity contribution >= 4 is 23.2 Å². The van der Waals surface area contributed by atoms with Gasteiger partial charge in [0.15, 0.2) is 6.61 Å². The Morgan fingerprint density at radius 1 is 1.27 bits per heavy atom. The molecule has 0 aliphatic rings. The topological polar surface area (TPSA) is 55.4 Å². The summed E-state index contributed by atoms with van der Waals surface area (Å²) in [6, 6.07) is 9.28. The molecule has 1 heterocycles. The van der Waals surface area contributed by atoms with Gasteiger partial charge < -0.3 is 10.1 Å². The molecule has 4 nitrogen and oxygen atoms in total. The number of carbonyl (C=O) groups excluding carboxylic acids is 2. The number of thiophene rings is 1. The standard InChI is InChI=1S/C16H16FNO3S/c1-11(14-3-2-8-22-14)18-15(19)10-21-16(20)9-12-4-6-13(17)7-5-12/h2-8,11H,9-10H2,1H3,(H,18,19)/t11-/m0/s1. The second kappa shape index (κ2) is 7.70. The molecule has 0 unspecified atom stereocenters. The quantitative estimate of drug-likeness (QED) is 0.832. The fourth-order valence-electron chi connectivity index (χ4n) is 1.86. The average Bonchev–Trinajstić information content (AvgIpc) is 3.02. The number of hydrogen-bond donors (Lipinski definition) is 1. The van der Waals surface area contributed by atoms with Gasteiger partial charge in [0.1, 0.15) is 5.82 Å². The van der Waals surface area contributed by atoms with Gasteiger partial charge in [-0.25, -0.2) is 4.39 Å². The molecule has 0 aliphatic carbocycles. The number of benzene rings is 1. The van der Waals surface area contributed by atoms with Crippen LogP contribution in [-0.2, 0) is 20.7 Å². The maximum Gasteiger partial charge on any atom is 0.310 e. The summed E-state index contributed by atoms with van der Waals surface area (Å²) >= 11 is 1.55. The summed E-state index contributed by atoms with van der Waals surface area (Å²) < 4.78 is 17.7. The van der Waals surface area contributed by atoms with Crippen molar-refractivity contribution < 1.29 is 18.7 Å². The molecule has 1 atom stereocenters. The minimum Gasteiger partial charge on any atom is -0.455 e. The van der Waals surface area contributed by atoms with Crippen LogP contribution in [0.3, 0.4) is 0 Å². The van der Waals surface area contributed by atoms with Crippen molar-refractivity contribution in [3.8, 4) is 0 Å². The van der Waals surface area contributed by atoms with Crippen LogP contribution in [0.5, 0.6) is 0 Å². The molecule has 22 heavy (non-hydrogen) atoms. The minimum absolute atomic E-state index is 0.00797. The van der Waals surface area contributed by atoms with Crippen molar-refractivity contribution in [2.45, 2.75) is 19.4 Å². The first kappa shape index (κ1) is 16.2. The molecule has 2 rings (SSSR count). The maximum atomic E-state index is 12.7. The molecule has 0 saturated carbocycles. The summed E-state index contributed by atoms with van der Waals surface area (Å²) in [5.74, 6) is -1.24. The summed E-state index contributed by atoms with van der Waals surface area (Å²) in [5.41, 5.74) is 0.638. The molecule has 6 heteroatoms. The molecule has 0 bridgehead atoms. The highest BCUT2D eigenvalue weighted by Crippen LogP contribution is 2.17. The predicted molar refractivity (Wildman–Crippen MR) is 81.9 cm³/mol. The normalized spacial score (nSPS) is 11.7. The summed E-state index contributed by atoms with van der Waals surface area (Å²) in [7, 11) is 0. The first-order valence-corrected chi connectivity index (χ1v) is 7.65. The lowest BCUT2D eigenvalue weighted by molar-refractivity contribution is -0.148. The van der Waals surface area contributed by atoms with E-state index in [-0.39, 0.29) is 30.8 Å². The molecule has 0 saturated heterocycles. The Labute approximate surface area is 131 Å². The number of ether oxygens (including phenoxy) is 1. The zero-order chi connectivity index (χ0) is 15.9. The van der Waals surface area contributed by atoms with E-state index in [0.29, 0.717) is 5.56 Å². The highest BCUT2D eigenvalue weighted by molar-refractivity contribution is 7.10. The predicted octanol–water partition coefficient (Wildman–Crippen LogP) is 2.85. The van der Waals surface area contributed by atoms with E-state index in [1.165, 1.54) is 24.3 Å². The molecule has 0 spiro atoms. The number of halogens is 1. The number of carbonyl (C=O) groups is 2. The molecular formula is C16H16FNO3S. The number of nitrogens with one attached hydrogen (secondary N) is 1. The van der Waals surface area contributed by atoms with Gasteiger partial charge >= 0.3 is 5.97 Å². The molecule has 1 aromatic heterocycles. The fraction of sp³-hybridized carbons (Fsp3) is 0.250. The molecule has 1 aromatic carbocycles. The monoisotopic (exact) mass is 321 g/mol. The highest BCUT2D eigenvalue weighted by Gasteiger charge is 2.12. The van der Waals surface area contributed by atoms with Crippen molar-refractivity contribution in [2.24, 2.45) is 0 Å². The molecule has 1 amide bonds. The molecule has 0 fully saturated rings. The van der Waals surface area contributed by atoms with Crippen LogP contribution in [-0.4, -0.2) is 18.5 Å². The SMILES string of the molecule is C[C@H](NC(=O)COC(=O)Cc1ccc(F)cc1)c1cccs1. The Bertz CT molecular complexity index is 625. The van der Waals surface area contributed by atoms with Gasteiger partial charge in [-0.15, -0.1) is 11.3 Å². The first-order chi connectivity index (χ1) is 10.5. The van der Waals surface area contributed by atoms with Crippen molar-refractivity contribution in [2.75, 3.05) is 6.61 Å². The van der Waals surface area contributed by atoms with Crippen LogP contribution < -0.4 is 5.32 Å². The third kappa shape index (κ3) is 4.96. The second-order valence-corrected chi connectivity index (χ2v) is 5.75. The van der Waals surface area contributed by atoms with E-state index in [1.54, 1.807) is 11.3 Å². The molecule has 116 valence electrons. The zero-order valence-electron chi connectivity index (χ0n) is 12.0. The van der Waals surface area contributed by atoms with Crippen molar-refractivity contribution in [3.63, 3.8) is 0 Å². The Morgan fingerprint density at radius 3 is 2.64 bits per heavy atom. The van der Waals surface area contributed by atoms with Gasteiger partial charge in [-0.3, -0.25) is 9.59 Å². The van der Waals surface area contributed by atoms with Crippen LogP contribution in [0.25, 0.3) is 0 Å². The van der Waals surface area contributed by atoms with Gasteiger partial charge in [-0.05, 0) is 36.1 Å². The van der Waals surface area contributed by atoms with Crippen LogP contribution in [0, 0.1) is 5.82 Å². The van der Waals surface area contributed by atoms with Gasteiger partial charge in [0.05, 0.1) is 12.5 Å². The van der Waals surface area contributed by atoms with E-state index in [2.05, 4.69) is 5.32 Å². The number of rotatable bonds is 6. The van der Waals surface area contributed by atoms with Gasteiger partial charge in [0, 0.05) is 4.88 Å². The van der Waals surface area contributed by atoms with Crippen molar-refractivity contribution in [3.05, 3.63) is 58.0 Å². The van der Waals surface area contributed by atoms with Crippen LogP contribution in [0.2, 0.25) is 0 Å². The van der Waals surface area contributed by atoms with E-state index >= 15 is 0 Å². The lowest BCUT2D eigenvalue weighted by Crippen LogP contribution is -2.31. The van der Waals surface area contributed by atoms with E-state index in [0.717, 1.165) is 4.88 Å². The lowest BCUT2D eigenvalue weighted by Gasteiger charge is -2.12. The zero-order valence-corrected chi connectivity index (χ0v) is 12.9. The minimum atomic E-state index is -0.523. The summed E-state index contributed by atoms with van der Waals surface area (Å²) in [6.07, 6.45) is 0.00797. The van der Waals surface area contributed by atoms with Crippen molar-refractivity contribution in [1.82, 2.24) is 5.32 Å². The lowest BCUT2D eigenvalue weighted by atomic mass is 10.1.